The van der Waals surface area contributed by atoms with E-state index >= 15 is 0 Å². The van der Waals surface area contributed by atoms with Crippen LogP contribution in [-0.4, -0.2) is 57.7 Å². The van der Waals surface area contributed by atoms with Gasteiger partial charge in [-0.05, 0) is 19.4 Å². The highest BCUT2D eigenvalue weighted by Crippen LogP contribution is 2.23. The summed E-state index contributed by atoms with van der Waals surface area (Å²) in [4.78, 5) is 16.9. The Bertz CT molecular complexity index is 483. The Kier molecular flexibility index (Phi) is 3.18. The maximum Gasteiger partial charge on any atom is 0.259 e. The first-order chi connectivity index (χ1) is 9.16. The molecule has 2 saturated heterocycles. The topological polar surface area (TPSA) is 67.4 Å². The molecular formula is C13H21N5O. The maximum atomic E-state index is 12.5. The molecule has 6 nitrogen and oxygen atoms in total. The van der Waals surface area contributed by atoms with Crippen molar-refractivity contribution >= 4 is 11.7 Å². The molecule has 0 aromatic carbocycles. The molecule has 1 aromatic heterocycles. The van der Waals surface area contributed by atoms with Crippen molar-refractivity contribution in [3.05, 3.63) is 11.8 Å². The molecule has 1 atom stereocenters. The highest BCUT2D eigenvalue weighted by Gasteiger charge is 2.32. The van der Waals surface area contributed by atoms with Crippen LogP contribution in [0.15, 0.2) is 6.20 Å². The van der Waals surface area contributed by atoms with Gasteiger partial charge in [-0.15, -0.1) is 0 Å². The number of nitrogen functional groups attached to an aromatic ring is 1. The van der Waals surface area contributed by atoms with E-state index in [1.54, 1.807) is 17.9 Å². The summed E-state index contributed by atoms with van der Waals surface area (Å²) in [5.41, 5.74) is 6.42. The molecular weight excluding hydrogens is 242 g/mol. The molecule has 2 fully saturated rings. The first-order valence-electron chi connectivity index (χ1n) is 6.97. The second-order valence-corrected chi connectivity index (χ2v) is 5.50. The summed E-state index contributed by atoms with van der Waals surface area (Å²) < 4.78 is 1.55. The smallest absolute Gasteiger partial charge is 0.259 e. The van der Waals surface area contributed by atoms with E-state index in [4.69, 9.17) is 5.73 Å². The molecule has 1 aromatic rings. The van der Waals surface area contributed by atoms with Crippen LogP contribution < -0.4 is 5.73 Å². The summed E-state index contributed by atoms with van der Waals surface area (Å²) >= 11 is 0. The number of nitrogens with zero attached hydrogens (tertiary/aromatic N) is 4. The van der Waals surface area contributed by atoms with Gasteiger partial charge in [-0.1, -0.05) is 6.42 Å². The van der Waals surface area contributed by atoms with E-state index in [0.29, 0.717) is 17.4 Å². The van der Waals surface area contributed by atoms with Gasteiger partial charge in [0.15, 0.2) is 0 Å². The molecule has 104 valence electrons. The van der Waals surface area contributed by atoms with Crippen molar-refractivity contribution in [2.24, 2.45) is 7.05 Å². The Morgan fingerprint density at radius 3 is 2.95 bits per heavy atom. The lowest BCUT2D eigenvalue weighted by Gasteiger charge is -2.43. The standard InChI is InChI=1S/C13H21N5O/c1-16-12(14)11(8-15-16)13(19)18-7-6-17-5-3-2-4-10(17)9-18/h8,10H,2-7,9,14H2,1H3. The predicted octanol–water partition coefficient (Wildman–Crippen LogP) is 0.313. The van der Waals surface area contributed by atoms with Crippen LogP contribution in [0.5, 0.6) is 0 Å². The predicted molar refractivity (Wildman–Crippen MR) is 72.7 cm³/mol. The second-order valence-electron chi connectivity index (χ2n) is 5.50. The van der Waals surface area contributed by atoms with Gasteiger partial charge in [-0.25, -0.2) is 0 Å². The largest absolute Gasteiger partial charge is 0.383 e. The van der Waals surface area contributed by atoms with Gasteiger partial charge >= 0.3 is 0 Å². The zero-order valence-corrected chi connectivity index (χ0v) is 11.4. The third-order valence-electron chi connectivity index (χ3n) is 4.34. The Morgan fingerprint density at radius 1 is 1.37 bits per heavy atom. The van der Waals surface area contributed by atoms with Crippen molar-refractivity contribution < 1.29 is 4.79 Å². The molecule has 6 heteroatoms. The van der Waals surface area contributed by atoms with Crippen molar-refractivity contribution in [2.45, 2.75) is 25.3 Å². The fraction of sp³-hybridized carbons (Fsp3) is 0.692. The molecule has 0 saturated carbocycles. The molecule has 2 aliphatic heterocycles. The Balaban J connectivity index is 1.72. The van der Waals surface area contributed by atoms with Crippen LogP contribution in [0, 0.1) is 0 Å². The number of carbonyl (C=O) groups excluding carboxylic acids is 1. The van der Waals surface area contributed by atoms with Gasteiger partial charge in [0.2, 0.25) is 0 Å². The first-order valence-corrected chi connectivity index (χ1v) is 6.97. The zero-order chi connectivity index (χ0) is 13.4. The van der Waals surface area contributed by atoms with Crippen molar-refractivity contribution in [1.82, 2.24) is 19.6 Å². The van der Waals surface area contributed by atoms with Gasteiger partial charge in [0.05, 0.1) is 6.20 Å². The van der Waals surface area contributed by atoms with Crippen LogP contribution in [0.1, 0.15) is 29.6 Å². The molecule has 19 heavy (non-hydrogen) atoms. The van der Waals surface area contributed by atoms with Crippen LogP contribution in [0.4, 0.5) is 5.82 Å². The van der Waals surface area contributed by atoms with Gasteiger partial charge in [0.1, 0.15) is 11.4 Å². The van der Waals surface area contributed by atoms with Crippen molar-refractivity contribution in [2.75, 3.05) is 31.9 Å². The van der Waals surface area contributed by atoms with Gasteiger partial charge in [0.25, 0.3) is 5.91 Å². The number of amides is 1. The number of rotatable bonds is 1. The third kappa shape index (κ3) is 2.20. The average Bonchev–Trinajstić information content (AvgIpc) is 2.78. The van der Waals surface area contributed by atoms with Gasteiger partial charge in [-0.3, -0.25) is 14.4 Å². The average molecular weight is 263 g/mol. The maximum absolute atomic E-state index is 12.5. The number of aromatic nitrogens is 2. The summed E-state index contributed by atoms with van der Waals surface area (Å²) in [6.07, 6.45) is 5.34. The van der Waals surface area contributed by atoms with Crippen LogP contribution in [0.3, 0.4) is 0 Å². The van der Waals surface area contributed by atoms with Gasteiger partial charge < -0.3 is 10.6 Å². The highest BCUT2D eigenvalue weighted by atomic mass is 16.2. The quantitative estimate of drug-likeness (QED) is 0.792. The summed E-state index contributed by atoms with van der Waals surface area (Å²) in [6.45, 7) is 3.79. The first kappa shape index (κ1) is 12.5. The lowest BCUT2D eigenvalue weighted by molar-refractivity contribution is 0.0373. The molecule has 1 amide bonds. The van der Waals surface area contributed by atoms with Crippen LogP contribution >= 0.6 is 0 Å². The number of anilines is 1. The van der Waals surface area contributed by atoms with Gasteiger partial charge in [-0.2, -0.15) is 5.10 Å². The monoisotopic (exact) mass is 263 g/mol. The van der Waals surface area contributed by atoms with E-state index in [9.17, 15) is 4.79 Å². The fourth-order valence-electron chi connectivity index (χ4n) is 3.12. The summed E-state index contributed by atoms with van der Waals surface area (Å²) in [6, 6.07) is 0.532. The van der Waals surface area contributed by atoms with Crippen LogP contribution in [0.25, 0.3) is 0 Å². The van der Waals surface area contributed by atoms with Crippen molar-refractivity contribution in [1.29, 1.82) is 0 Å². The molecule has 0 radical (unpaired) electrons. The summed E-state index contributed by atoms with van der Waals surface area (Å²) in [5.74, 6) is 0.479. The SMILES string of the molecule is Cn1ncc(C(=O)N2CCN3CCCCC3C2)c1N. The Hall–Kier alpha value is -1.56. The minimum Gasteiger partial charge on any atom is -0.383 e. The molecule has 2 N–H and O–H groups in total. The van der Waals surface area contributed by atoms with E-state index in [-0.39, 0.29) is 5.91 Å². The van der Waals surface area contributed by atoms with Crippen molar-refractivity contribution in [3.63, 3.8) is 0 Å². The summed E-state index contributed by atoms with van der Waals surface area (Å²) in [7, 11) is 1.76. The van der Waals surface area contributed by atoms with E-state index in [1.807, 2.05) is 4.90 Å². The molecule has 0 aliphatic carbocycles. The van der Waals surface area contributed by atoms with Crippen LogP contribution in [0.2, 0.25) is 0 Å². The van der Waals surface area contributed by atoms with E-state index in [1.165, 1.54) is 25.8 Å². The van der Waals surface area contributed by atoms with E-state index < -0.39 is 0 Å². The molecule has 0 bridgehead atoms. The number of aryl methyl sites for hydroxylation is 1. The van der Waals surface area contributed by atoms with Gasteiger partial charge in [0, 0.05) is 32.7 Å². The molecule has 2 aliphatic rings. The van der Waals surface area contributed by atoms with Crippen LogP contribution in [-0.2, 0) is 7.05 Å². The molecule has 1 unspecified atom stereocenters. The number of nitrogens with two attached hydrogens (primary N) is 1. The van der Waals surface area contributed by atoms with E-state index in [2.05, 4.69) is 10.00 Å². The minimum atomic E-state index is 0.0239. The zero-order valence-electron chi connectivity index (χ0n) is 11.4. The number of hydrogen-bond donors (Lipinski definition) is 1. The number of piperazine rings is 1. The fourth-order valence-corrected chi connectivity index (χ4v) is 3.12. The van der Waals surface area contributed by atoms with E-state index in [0.717, 1.165) is 19.6 Å². The lowest BCUT2D eigenvalue weighted by Crippen LogP contribution is -2.56. The molecule has 3 heterocycles. The lowest BCUT2D eigenvalue weighted by atomic mass is 9.99. The normalized spacial score (nSPS) is 24.3. The highest BCUT2D eigenvalue weighted by molar-refractivity contribution is 5.98. The number of fused-ring (bicyclic) bond motifs is 1. The number of hydrogen-bond acceptors (Lipinski definition) is 4. The number of piperidine rings is 1. The Morgan fingerprint density at radius 2 is 2.21 bits per heavy atom. The minimum absolute atomic E-state index is 0.0239. The second kappa shape index (κ2) is 4.85. The molecule has 3 rings (SSSR count). The third-order valence-corrected chi connectivity index (χ3v) is 4.34. The molecule has 0 spiro atoms. The van der Waals surface area contributed by atoms with Crippen molar-refractivity contribution in [3.8, 4) is 0 Å². The number of carbonyl (C=O) groups is 1. The Labute approximate surface area is 113 Å². The summed E-state index contributed by atoms with van der Waals surface area (Å²) in [5, 5.41) is 4.05.